The summed E-state index contributed by atoms with van der Waals surface area (Å²) in [6.07, 6.45) is 5.51. The van der Waals surface area contributed by atoms with Crippen molar-refractivity contribution in [2.24, 2.45) is 7.05 Å². The number of anilines is 1. The van der Waals surface area contributed by atoms with Gasteiger partial charge >= 0.3 is 6.03 Å². The molecule has 3 amide bonds. The van der Waals surface area contributed by atoms with E-state index in [-0.39, 0.29) is 25.0 Å². The highest BCUT2D eigenvalue weighted by molar-refractivity contribution is 6.39. The van der Waals surface area contributed by atoms with E-state index in [4.69, 9.17) is 23.2 Å². The molecule has 3 rings (SSSR count). The molecule has 0 atom stereocenters. The fraction of sp³-hybridized carbons (Fsp3) is 0.333. The van der Waals surface area contributed by atoms with E-state index >= 15 is 0 Å². The number of halogens is 2. The van der Waals surface area contributed by atoms with Crippen molar-refractivity contribution in [2.45, 2.75) is 25.4 Å². The average Bonchev–Trinajstić information content (AvgIpc) is 3.44. The summed E-state index contributed by atoms with van der Waals surface area (Å²) >= 11 is 12.3. The molecule has 0 unspecified atom stereocenters. The number of carbonyl (C=O) groups is 2. The van der Waals surface area contributed by atoms with Crippen molar-refractivity contribution in [1.82, 2.24) is 14.4 Å². The number of para-hydroxylation sites is 1. The van der Waals surface area contributed by atoms with Gasteiger partial charge in [0.05, 0.1) is 22.3 Å². The van der Waals surface area contributed by atoms with Gasteiger partial charge in [0.15, 0.2) is 0 Å². The standard InChI is InChI=1S/C21H24Cl2N4O2/c1-3-11-26(21(29)24-20-17(22)7-4-8-18(20)23)14-19(28)27(15-9-10-15)13-16-6-5-12-25(16)2/h3-8,12,15H,1,9-11,13-14H2,2H3,(H,24,29). The van der Waals surface area contributed by atoms with Crippen LogP contribution >= 0.6 is 23.2 Å². The van der Waals surface area contributed by atoms with Gasteiger partial charge in [-0.1, -0.05) is 35.3 Å². The van der Waals surface area contributed by atoms with Crippen LogP contribution < -0.4 is 5.32 Å². The number of urea groups is 1. The van der Waals surface area contributed by atoms with E-state index in [0.717, 1.165) is 18.5 Å². The van der Waals surface area contributed by atoms with Crippen molar-refractivity contribution in [3.63, 3.8) is 0 Å². The van der Waals surface area contributed by atoms with Gasteiger partial charge in [0.25, 0.3) is 0 Å². The molecule has 29 heavy (non-hydrogen) atoms. The smallest absolute Gasteiger partial charge is 0.322 e. The molecular formula is C21H24Cl2N4O2. The van der Waals surface area contributed by atoms with Gasteiger partial charge < -0.3 is 19.7 Å². The highest BCUT2D eigenvalue weighted by Crippen LogP contribution is 2.31. The Morgan fingerprint density at radius 1 is 1.24 bits per heavy atom. The van der Waals surface area contributed by atoms with Gasteiger partial charge in [-0.3, -0.25) is 4.79 Å². The first-order valence-electron chi connectivity index (χ1n) is 9.41. The average molecular weight is 435 g/mol. The van der Waals surface area contributed by atoms with E-state index in [1.165, 1.54) is 4.90 Å². The molecule has 0 radical (unpaired) electrons. The van der Waals surface area contributed by atoms with Gasteiger partial charge in [0.1, 0.15) is 6.54 Å². The molecule has 0 saturated heterocycles. The Labute approximate surface area is 180 Å². The number of amides is 3. The molecule has 1 aromatic carbocycles. The first-order valence-corrected chi connectivity index (χ1v) is 10.2. The zero-order valence-electron chi connectivity index (χ0n) is 16.3. The molecule has 1 fully saturated rings. The highest BCUT2D eigenvalue weighted by Gasteiger charge is 2.34. The molecule has 6 nitrogen and oxygen atoms in total. The van der Waals surface area contributed by atoms with Gasteiger partial charge in [-0.05, 0) is 37.1 Å². The number of rotatable bonds is 8. The lowest BCUT2D eigenvalue weighted by molar-refractivity contribution is -0.133. The Morgan fingerprint density at radius 3 is 2.48 bits per heavy atom. The zero-order valence-corrected chi connectivity index (χ0v) is 17.8. The maximum absolute atomic E-state index is 13.0. The van der Waals surface area contributed by atoms with E-state index in [9.17, 15) is 9.59 Å². The normalized spacial score (nSPS) is 13.1. The summed E-state index contributed by atoms with van der Waals surface area (Å²) in [6.45, 7) is 4.39. The summed E-state index contributed by atoms with van der Waals surface area (Å²) in [5, 5.41) is 3.37. The number of benzene rings is 1. The second-order valence-electron chi connectivity index (χ2n) is 7.06. The predicted octanol–water partition coefficient (Wildman–Crippen LogP) is 4.54. The summed E-state index contributed by atoms with van der Waals surface area (Å²) in [5.74, 6) is -0.101. The fourth-order valence-corrected chi connectivity index (χ4v) is 3.57. The zero-order chi connectivity index (χ0) is 21.0. The topological polar surface area (TPSA) is 57.6 Å². The Bertz CT molecular complexity index is 888. The fourth-order valence-electron chi connectivity index (χ4n) is 3.07. The van der Waals surface area contributed by atoms with Crippen LogP contribution in [0.4, 0.5) is 10.5 Å². The van der Waals surface area contributed by atoms with Crippen LogP contribution in [0, 0.1) is 0 Å². The maximum Gasteiger partial charge on any atom is 0.322 e. The van der Waals surface area contributed by atoms with Gasteiger partial charge in [-0.2, -0.15) is 0 Å². The van der Waals surface area contributed by atoms with Crippen LogP contribution in [0.5, 0.6) is 0 Å². The molecule has 154 valence electrons. The van der Waals surface area contributed by atoms with Crippen molar-refractivity contribution in [1.29, 1.82) is 0 Å². The quantitative estimate of drug-likeness (QED) is 0.619. The van der Waals surface area contributed by atoms with Crippen molar-refractivity contribution in [2.75, 3.05) is 18.4 Å². The molecule has 1 saturated carbocycles. The maximum atomic E-state index is 13.0. The first-order chi connectivity index (χ1) is 13.9. The Morgan fingerprint density at radius 2 is 1.93 bits per heavy atom. The SMILES string of the molecule is C=CCN(CC(=O)N(Cc1cccn1C)C1CC1)C(=O)Nc1c(Cl)cccc1Cl. The highest BCUT2D eigenvalue weighted by atomic mass is 35.5. The predicted molar refractivity (Wildman–Crippen MR) is 116 cm³/mol. The molecule has 0 aliphatic heterocycles. The van der Waals surface area contributed by atoms with Crippen molar-refractivity contribution >= 4 is 40.8 Å². The van der Waals surface area contributed by atoms with Crippen molar-refractivity contribution in [3.8, 4) is 0 Å². The van der Waals surface area contributed by atoms with Crippen molar-refractivity contribution < 1.29 is 9.59 Å². The van der Waals surface area contributed by atoms with Gasteiger partial charge in [-0.25, -0.2) is 4.79 Å². The van der Waals surface area contributed by atoms with Crippen LogP contribution in [-0.4, -0.2) is 45.4 Å². The lowest BCUT2D eigenvalue weighted by atomic mass is 10.3. The number of nitrogens with zero attached hydrogens (tertiary/aromatic N) is 3. The van der Waals surface area contributed by atoms with Gasteiger partial charge in [0, 0.05) is 31.5 Å². The number of aryl methyl sites for hydroxylation is 1. The molecule has 1 aliphatic rings. The lowest BCUT2D eigenvalue weighted by Gasteiger charge is -2.27. The first kappa shape index (κ1) is 21.3. The molecule has 1 N–H and O–H groups in total. The van der Waals surface area contributed by atoms with Crippen molar-refractivity contribution in [3.05, 3.63) is 64.9 Å². The Kier molecular flexibility index (Phi) is 6.87. The molecule has 1 aromatic heterocycles. The largest absolute Gasteiger partial charge is 0.353 e. The van der Waals surface area contributed by atoms with E-state index in [1.54, 1.807) is 24.3 Å². The van der Waals surface area contributed by atoms with Gasteiger partial charge in [-0.15, -0.1) is 6.58 Å². The third-order valence-corrected chi connectivity index (χ3v) is 5.48. The van der Waals surface area contributed by atoms with E-state index in [0.29, 0.717) is 22.3 Å². The van der Waals surface area contributed by atoms with Gasteiger partial charge in [0.2, 0.25) is 5.91 Å². The third kappa shape index (κ3) is 5.34. The number of aromatic nitrogens is 1. The second kappa shape index (κ2) is 9.37. The second-order valence-corrected chi connectivity index (χ2v) is 7.87. The monoisotopic (exact) mass is 434 g/mol. The summed E-state index contributed by atoms with van der Waals surface area (Å²) in [6, 6.07) is 8.70. The minimum absolute atomic E-state index is 0.0547. The van der Waals surface area contributed by atoms with Crippen LogP contribution in [0.1, 0.15) is 18.5 Å². The van der Waals surface area contributed by atoms with E-state index in [2.05, 4.69) is 11.9 Å². The molecule has 1 aliphatic carbocycles. The lowest BCUT2D eigenvalue weighted by Crippen LogP contribution is -2.45. The summed E-state index contributed by atoms with van der Waals surface area (Å²) in [5.41, 5.74) is 1.37. The molecule has 2 aromatic rings. The molecule has 1 heterocycles. The molecular weight excluding hydrogens is 411 g/mol. The number of hydrogen-bond acceptors (Lipinski definition) is 2. The number of nitrogens with one attached hydrogen (secondary N) is 1. The van der Waals surface area contributed by atoms with Crippen LogP contribution in [-0.2, 0) is 18.4 Å². The third-order valence-electron chi connectivity index (χ3n) is 4.85. The van der Waals surface area contributed by atoms with E-state index < -0.39 is 6.03 Å². The van der Waals surface area contributed by atoms with Crippen LogP contribution in [0.2, 0.25) is 10.0 Å². The molecule has 8 heteroatoms. The molecule has 0 spiro atoms. The molecule has 0 bridgehead atoms. The summed E-state index contributed by atoms with van der Waals surface area (Å²) in [7, 11) is 1.95. The minimum atomic E-state index is -0.456. The summed E-state index contributed by atoms with van der Waals surface area (Å²) < 4.78 is 2.00. The Balaban J connectivity index is 1.71. The Hall–Kier alpha value is -2.44. The minimum Gasteiger partial charge on any atom is -0.353 e. The van der Waals surface area contributed by atoms with Crippen LogP contribution in [0.25, 0.3) is 0 Å². The number of carbonyl (C=O) groups excluding carboxylic acids is 2. The van der Waals surface area contributed by atoms with Crippen LogP contribution in [0.3, 0.4) is 0 Å². The number of hydrogen-bond donors (Lipinski definition) is 1. The van der Waals surface area contributed by atoms with E-state index in [1.807, 2.05) is 34.8 Å². The van der Waals surface area contributed by atoms with Crippen LogP contribution in [0.15, 0.2) is 49.2 Å². The summed E-state index contributed by atoms with van der Waals surface area (Å²) in [4.78, 5) is 29.1.